The second kappa shape index (κ2) is 4.59. The van der Waals surface area contributed by atoms with E-state index in [-0.39, 0.29) is 5.69 Å². The Hall–Kier alpha value is -1.81. The number of hydrogen-bond donors (Lipinski definition) is 2. The number of nitrogen functional groups attached to an aromatic ring is 1. The number of hydrogen-bond acceptors (Lipinski definition) is 2. The van der Waals surface area contributed by atoms with Gasteiger partial charge in [-0.1, -0.05) is 17.7 Å². The van der Waals surface area contributed by atoms with Crippen molar-refractivity contribution in [3.8, 4) is 0 Å². The van der Waals surface area contributed by atoms with Gasteiger partial charge in [0.05, 0.1) is 17.1 Å². The Kier molecular flexibility index (Phi) is 3.15. The second-order valence-corrected chi connectivity index (χ2v) is 3.89. The fourth-order valence-electron chi connectivity index (χ4n) is 1.38. The Balaban J connectivity index is 2.38. The van der Waals surface area contributed by atoms with Gasteiger partial charge in [-0.2, -0.15) is 0 Å². The minimum atomic E-state index is -0.952. The molecule has 0 atom stereocenters. The highest BCUT2D eigenvalue weighted by Crippen LogP contribution is 2.28. The molecule has 2 aromatic rings. The quantitative estimate of drug-likeness (QED) is 0.797. The van der Waals surface area contributed by atoms with Gasteiger partial charge in [0.2, 0.25) is 0 Å². The van der Waals surface area contributed by atoms with Gasteiger partial charge in [-0.05, 0) is 30.3 Å². The summed E-state index contributed by atoms with van der Waals surface area (Å²) in [5, 5.41) is 3.15. The molecule has 0 spiro atoms. The maximum absolute atomic E-state index is 13.4. The molecule has 2 nitrogen and oxygen atoms in total. The Bertz CT molecular complexity index is 558. The van der Waals surface area contributed by atoms with Crippen molar-refractivity contribution in [3.63, 3.8) is 0 Å². The van der Waals surface area contributed by atoms with E-state index in [0.29, 0.717) is 16.4 Å². The Labute approximate surface area is 102 Å². The number of rotatable bonds is 2. The molecule has 0 saturated carbocycles. The molecule has 0 aliphatic carbocycles. The van der Waals surface area contributed by atoms with E-state index in [4.69, 9.17) is 17.3 Å². The van der Waals surface area contributed by atoms with Crippen LogP contribution in [-0.4, -0.2) is 0 Å². The fraction of sp³-hybridized carbons (Fsp3) is 0. The normalized spacial score (nSPS) is 10.3. The molecule has 17 heavy (non-hydrogen) atoms. The van der Waals surface area contributed by atoms with Gasteiger partial charge >= 0.3 is 0 Å². The molecular formula is C12H9ClF2N2. The first-order valence-electron chi connectivity index (χ1n) is 4.84. The average molecular weight is 255 g/mol. The molecule has 0 aromatic heterocycles. The van der Waals surface area contributed by atoms with Crippen LogP contribution in [0.2, 0.25) is 5.02 Å². The topological polar surface area (TPSA) is 38.0 Å². The van der Waals surface area contributed by atoms with E-state index in [2.05, 4.69) is 5.32 Å². The summed E-state index contributed by atoms with van der Waals surface area (Å²) in [5.41, 5.74) is 6.53. The van der Waals surface area contributed by atoms with Crippen LogP contribution >= 0.6 is 11.6 Å². The molecule has 0 fully saturated rings. The lowest BCUT2D eigenvalue weighted by Gasteiger charge is -2.10. The zero-order valence-corrected chi connectivity index (χ0v) is 9.43. The molecule has 88 valence electrons. The molecule has 3 N–H and O–H groups in total. The van der Waals surface area contributed by atoms with E-state index in [0.717, 1.165) is 6.07 Å². The largest absolute Gasteiger partial charge is 0.397 e. The lowest BCUT2D eigenvalue weighted by Crippen LogP contribution is -1.99. The Morgan fingerprint density at radius 2 is 1.82 bits per heavy atom. The van der Waals surface area contributed by atoms with Gasteiger partial charge in [-0.15, -0.1) is 0 Å². The smallest absolute Gasteiger partial charge is 0.182 e. The molecule has 0 heterocycles. The summed E-state index contributed by atoms with van der Waals surface area (Å²) in [6.45, 7) is 0. The van der Waals surface area contributed by atoms with Gasteiger partial charge in [-0.3, -0.25) is 0 Å². The molecule has 0 bridgehead atoms. The van der Waals surface area contributed by atoms with Crippen molar-refractivity contribution in [2.75, 3.05) is 11.1 Å². The van der Waals surface area contributed by atoms with Crippen LogP contribution in [0.5, 0.6) is 0 Å². The van der Waals surface area contributed by atoms with Crippen molar-refractivity contribution >= 4 is 28.7 Å². The monoisotopic (exact) mass is 254 g/mol. The van der Waals surface area contributed by atoms with E-state index >= 15 is 0 Å². The van der Waals surface area contributed by atoms with E-state index in [1.807, 2.05) is 0 Å². The highest BCUT2D eigenvalue weighted by atomic mass is 35.5. The van der Waals surface area contributed by atoms with E-state index in [1.54, 1.807) is 18.2 Å². The third-order valence-electron chi connectivity index (χ3n) is 2.24. The van der Waals surface area contributed by atoms with Crippen LogP contribution in [0, 0.1) is 11.6 Å². The first-order chi connectivity index (χ1) is 8.08. The maximum atomic E-state index is 13.4. The number of halogens is 3. The summed E-state index contributed by atoms with van der Waals surface area (Å²) in [4.78, 5) is 0. The van der Waals surface area contributed by atoms with Gasteiger partial charge < -0.3 is 11.1 Å². The molecule has 0 radical (unpaired) electrons. The Morgan fingerprint density at radius 3 is 2.59 bits per heavy atom. The van der Waals surface area contributed by atoms with Crippen molar-refractivity contribution in [1.29, 1.82) is 0 Å². The molecule has 0 amide bonds. The van der Waals surface area contributed by atoms with Crippen molar-refractivity contribution < 1.29 is 8.78 Å². The van der Waals surface area contributed by atoms with Gasteiger partial charge in [0, 0.05) is 5.02 Å². The van der Waals surface area contributed by atoms with Crippen LogP contribution in [0.1, 0.15) is 0 Å². The predicted molar refractivity (Wildman–Crippen MR) is 65.5 cm³/mol. The first-order valence-corrected chi connectivity index (χ1v) is 5.22. The number of nitrogens with two attached hydrogens (primary N) is 1. The molecular weight excluding hydrogens is 246 g/mol. The SMILES string of the molecule is Nc1ccc(Cl)cc1Nc1cccc(F)c1F. The number of nitrogens with one attached hydrogen (secondary N) is 1. The molecule has 5 heteroatoms. The van der Waals surface area contributed by atoms with Crippen LogP contribution in [0.3, 0.4) is 0 Å². The third kappa shape index (κ3) is 2.47. The minimum Gasteiger partial charge on any atom is -0.397 e. The fourth-order valence-corrected chi connectivity index (χ4v) is 1.55. The van der Waals surface area contributed by atoms with Crippen LogP contribution < -0.4 is 11.1 Å². The Morgan fingerprint density at radius 1 is 1.06 bits per heavy atom. The lowest BCUT2D eigenvalue weighted by molar-refractivity contribution is 0.512. The van der Waals surface area contributed by atoms with Gasteiger partial charge in [-0.25, -0.2) is 8.78 Å². The van der Waals surface area contributed by atoms with Crippen molar-refractivity contribution in [2.45, 2.75) is 0 Å². The van der Waals surface area contributed by atoms with Gasteiger partial charge in [0.15, 0.2) is 11.6 Å². The summed E-state index contributed by atoms with van der Waals surface area (Å²) in [6, 6.07) is 8.61. The molecule has 0 aliphatic rings. The van der Waals surface area contributed by atoms with E-state index in [9.17, 15) is 8.78 Å². The van der Waals surface area contributed by atoms with Gasteiger partial charge in [0.25, 0.3) is 0 Å². The summed E-state index contributed by atoms with van der Waals surface area (Å²) >= 11 is 5.79. The van der Waals surface area contributed by atoms with Crippen molar-refractivity contribution in [3.05, 3.63) is 53.1 Å². The summed E-state index contributed by atoms with van der Waals surface area (Å²) in [6.07, 6.45) is 0. The van der Waals surface area contributed by atoms with E-state index in [1.165, 1.54) is 12.1 Å². The lowest BCUT2D eigenvalue weighted by atomic mass is 10.2. The summed E-state index contributed by atoms with van der Waals surface area (Å²) in [5.74, 6) is -1.87. The first kappa shape index (κ1) is 11.7. The molecule has 0 aliphatic heterocycles. The standard InChI is InChI=1S/C12H9ClF2N2/c13-7-4-5-9(16)11(6-7)17-10-3-1-2-8(14)12(10)15/h1-6,17H,16H2. The van der Waals surface area contributed by atoms with Crippen LogP contribution in [0.15, 0.2) is 36.4 Å². The average Bonchev–Trinajstić information content (AvgIpc) is 2.30. The number of anilines is 3. The van der Waals surface area contributed by atoms with Crippen LogP contribution in [0.4, 0.5) is 25.8 Å². The predicted octanol–water partition coefficient (Wildman–Crippen LogP) is 3.94. The summed E-state index contributed by atoms with van der Waals surface area (Å²) < 4.78 is 26.4. The zero-order chi connectivity index (χ0) is 12.4. The van der Waals surface area contributed by atoms with Crippen LogP contribution in [0.25, 0.3) is 0 Å². The highest BCUT2D eigenvalue weighted by molar-refractivity contribution is 6.31. The minimum absolute atomic E-state index is 0.0129. The van der Waals surface area contributed by atoms with Crippen molar-refractivity contribution in [1.82, 2.24) is 0 Å². The van der Waals surface area contributed by atoms with Crippen molar-refractivity contribution in [2.24, 2.45) is 0 Å². The van der Waals surface area contributed by atoms with E-state index < -0.39 is 11.6 Å². The highest BCUT2D eigenvalue weighted by Gasteiger charge is 2.09. The second-order valence-electron chi connectivity index (χ2n) is 3.46. The summed E-state index contributed by atoms with van der Waals surface area (Å²) in [7, 11) is 0. The third-order valence-corrected chi connectivity index (χ3v) is 2.47. The molecule has 0 unspecified atom stereocenters. The van der Waals surface area contributed by atoms with Crippen LogP contribution in [-0.2, 0) is 0 Å². The zero-order valence-electron chi connectivity index (χ0n) is 8.68. The molecule has 2 rings (SSSR count). The molecule has 0 saturated heterocycles. The van der Waals surface area contributed by atoms with Gasteiger partial charge in [0.1, 0.15) is 0 Å². The number of benzene rings is 2. The maximum Gasteiger partial charge on any atom is 0.182 e. The molecule has 2 aromatic carbocycles.